The van der Waals surface area contributed by atoms with Crippen LogP contribution >= 0.6 is 0 Å². The van der Waals surface area contributed by atoms with E-state index in [0.717, 1.165) is 0 Å². The zero-order valence-corrected chi connectivity index (χ0v) is 9.11. The van der Waals surface area contributed by atoms with E-state index in [0.29, 0.717) is 0 Å². The zero-order valence-electron chi connectivity index (χ0n) is 9.11. The summed E-state index contributed by atoms with van der Waals surface area (Å²) in [4.78, 5) is 22.2. The van der Waals surface area contributed by atoms with Crippen molar-refractivity contribution in [1.29, 1.82) is 0 Å². The molecular formula is C10H18O4. The zero-order chi connectivity index (χ0) is 11.3. The van der Waals surface area contributed by atoms with Gasteiger partial charge in [-0.15, -0.1) is 0 Å². The van der Waals surface area contributed by atoms with E-state index < -0.39 is 18.0 Å². The molecule has 0 radical (unpaired) electrons. The van der Waals surface area contributed by atoms with Crippen LogP contribution in [0.15, 0.2) is 0 Å². The number of hydrogen-bond acceptors (Lipinski definition) is 4. The number of carbonyl (C=O) groups is 2. The molecule has 0 saturated heterocycles. The van der Waals surface area contributed by atoms with E-state index in [-0.39, 0.29) is 18.1 Å². The van der Waals surface area contributed by atoms with Gasteiger partial charge in [0.15, 0.2) is 0 Å². The van der Waals surface area contributed by atoms with Crippen molar-refractivity contribution in [2.75, 3.05) is 7.11 Å². The van der Waals surface area contributed by atoms with E-state index in [1.807, 2.05) is 13.8 Å². The maximum Gasteiger partial charge on any atom is 0.313 e. The number of carbonyl (C=O) groups excluding carboxylic acids is 2. The van der Waals surface area contributed by atoms with Crippen LogP contribution in [0.25, 0.3) is 0 Å². The Morgan fingerprint density at radius 1 is 1.29 bits per heavy atom. The van der Waals surface area contributed by atoms with Gasteiger partial charge < -0.3 is 9.84 Å². The lowest BCUT2D eigenvalue weighted by atomic mass is 9.90. The highest BCUT2D eigenvalue weighted by molar-refractivity contribution is 5.96. The molecule has 1 N–H and O–H groups in total. The van der Waals surface area contributed by atoms with Gasteiger partial charge in [0.05, 0.1) is 13.2 Å². The molecule has 0 bridgehead atoms. The summed E-state index contributed by atoms with van der Waals surface area (Å²) >= 11 is 0. The lowest BCUT2D eigenvalue weighted by Gasteiger charge is -2.20. The van der Waals surface area contributed by atoms with E-state index in [2.05, 4.69) is 4.74 Å². The van der Waals surface area contributed by atoms with E-state index in [1.54, 1.807) is 6.92 Å². The number of methoxy groups -OCH3 is 1. The summed E-state index contributed by atoms with van der Waals surface area (Å²) in [5.41, 5.74) is 0. The maximum atomic E-state index is 11.4. The molecule has 4 nitrogen and oxygen atoms in total. The lowest BCUT2D eigenvalue weighted by Crippen LogP contribution is -2.31. The Labute approximate surface area is 84.3 Å². The smallest absolute Gasteiger partial charge is 0.313 e. The number of Topliss-reactive ketones (excluding diaryl/α,β-unsaturated/α-hetero) is 1. The first kappa shape index (κ1) is 13.1. The summed E-state index contributed by atoms with van der Waals surface area (Å²) < 4.78 is 4.37. The van der Waals surface area contributed by atoms with Gasteiger partial charge in [0.1, 0.15) is 12.2 Å². The molecule has 0 amide bonds. The SMILES string of the molecule is COC(=O)CC(=O)[C@H](C)[C@H](O)C(C)C. The van der Waals surface area contributed by atoms with E-state index in [1.165, 1.54) is 7.11 Å². The van der Waals surface area contributed by atoms with E-state index in [4.69, 9.17) is 0 Å². The highest BCUT2D eigenvalue weighted by atomic mass is 16.5. The Morgan fingerprint density at radius 3 is 2.14 bits per heavy atom. The fraction of sp³-hybridized carbons (Fsp3) is 0.800. The highest BCUT2D eigenvalue weighted by Gasteiger charge is 2.25. The van der Waals surface area contributed by atoms with Crippen LogP contribution in [0.4, 0.5) is 0 Å². The molecule has 0 aliphatic carbocycles. The van der Waals surface area contributed by atoms with Gasteiger partial charge in [0.2, 0.25) is 0 Å². The number of aliphatic hydroxyl groups is 1. The third kappa shape index (κ3) is 3.87. The number of ether oxygens (including phenoxy) is 1. The van der Waals surface area contributed by atoms with Crippen molar-refractivity contribution in [2.45, 2.75) is 33.3 Å². The second-order valence-corrected chi connectivity index (χ2v) is 3.74. The van der Waals surface area contributed by atoms with Gasteiger partial charge in [-0.25, -0.2) is 0 Å². The average Bonchev–Trinajstić information content (AvgIpc) is 2.14. The standard InChI is InChI=1S/C10H18O4/c1-6(2)10(13)7(3)8(11)5-9(12)14-4/h6-7,10,13H,5H2,1-4H3/t7-,10+/m0/s1. The number of ketones is 1. The minimum absolute atomic E-state index is 0.00611. The fourth-order valence-corrected chi connectivity index (χ4v) is 1.14. The van der Waals surface area contributed by atoms with Gasteiger partial charge in [-0.2, -0.15) is 0 Å². The third-order valence-corrected chi connectivity index (χ3v) is 2.25. The molecule has 0 spiro atoms. The second-order valence-electron chi connectivity index (χ2n) is 3.74. The predicted molar refractivity (Wildman–Crippen MR) is 51.6 cm³/mol. The first-order valence-corrected chi connectivity index (χ1v) is 4.67. The van der Waals surface area contributed by atoms with E-state index >= 15 is 0 Å². The minimum atomic E-state index is -0.702. The van der Waals surface area contributed by atoms with Gasteiger partial charge in [-0.1, -0.05) is 20.8 Å². The quantitative estimate of drug-likeness (QED) is 0.528. The van der Waals surface area contributed by atoms with Gasteiger partial charge in [-0.3, -0.25) is 9.59 Å². The molecule has 14 heavy (non-hydrogen) atoms. The molecule has 0 aliphatic rings. The Morgan fingerprint density at radius 2 is 1.79 bits per heavy atom. The summed E-state index contributed by atoms with van der Waals surface area (Å²) in [6, 6.07) is 0. The summed E-state index contributed by atoms with van der Waals surface area (Å²) in [7, 11) is 1.24. The minimum Gasteiger partial charge on any atom is -0.469 e. The molecule has 0 fully saturated rings. The molecule has 0 rings (SSSR count). The van der Waals surface area contributed by atoms with Gasteiger partial charge in [0.25, 0.3) is 0 Å². The monoisotopic (exact) mass is 202 g/mol. The summed E-state index contributed by atoms with van der Waals surface area (Å²) in [6.07, 6.45) is -0.964. The largest absolute Gasteiger partial charge is 0.469 e. The first-order chi connectivity index (χ1) is 6.40. The van der Waals surface area contributed by atoms with Crippen molar-refractivity contribution in [3.8, 4) is 0 Å². The maximum absolute atomic E-state index is 11.4. The molecule has 0 aromatic carbocycles. The normalized spacial score (nSPS) is 15.0. The number of hydrogen-bond donors (Lipinski definition) is 1. The molecule has 0 unspecified atom stereocenters. The molecule has 82 valence electrons. The van der Waals surface area contributed by atoms with Gasteiger partial charge in [0, 0.05) is 5.92 Å². The number of rotatable bonds is 5. The lowest BCUT2D eigenvalue weighted by molar-refractivity contribution is -0.145. The first-order valence-electron chi connectivity index (χ1n) is 4.67. The van der Waals surface area contributed by atoms with Crippen LogP contribution in [0, 0.1) is 11.8 Å². The number of aliphatic hydroxyl groups excluding tert-OH is 1. The molecule has 0 heterocycles. The Hall–Kier alpha value is -0.900. The molecule has 0 aromatic heterocycles. The number of esters is 1. The second kappa shape index (κ2) is 5.75. The van der Waals surface area contributed by atoms with Crippen LogP contribution in [-0.4, -0.2) is 30.1 Å². The average molecular weight is 202 g/mol. The summed E-state index contributed by atoms with van der Waals surface area (Å²) in [5, 5.41) is 9.58. The predicted octanol–water partition coefficient (Wildman–Crippen LogP) is 0.772. The highest BCUT2D eigenvalue weighted by Crippen LogP contribution is 2.14. The molecule has 2 atom stereocenters. The van der Waals surface area contributed by atoms with Gasteiger partial charge in [-0.05, 0) is 5.92 Å². The Kier molecular flexibility index (Phi) is 5.38. The Bertz CT molecular complexity index is 210. The molecule has 0 saturated carbocycles. The van der Waals surface area contributed by atoms with Crippen LogP contribution in [0.1, 0.15) is 27.2 Å². The van der Waals surface area contributed by atoms with Crippen LogP contribution in [0.5, 0.6) is 0 Å². The van der Waals surface area contributed by atoms with Crippen molar-refractivity contribution in [3.63, 3.8) is 0 Å². The fourth-order valence-electron chi connectivity index (χ4n) is 1.14. The van der Waals surface area contributed by atoms with Crippen molar-refractivity contribution in [3.05, 3.63) is 0 Å². The molecule has 4 heteroatoms. The van der Waals surface area contributed by atoms with Crippen LogP contribution < -0.4 is 0 Å². The van der Waals surface area contributed by atoms with Crippen molar-refractivity contribution >= 4 is 11.8 Å². The topological polar surface area (TPSA) is 63.6 Å². The Balaban J connectivity index is 4.18. The third-order valence-electron chi connectivity index (χ3n) is 2.25. The molecule has 0 aromatic rings. The van der Waals surface area contributed by atoms with Crippen LogP contribution in [-0.2, 0) is 14.3 Å². The molecule has 0 aliphatic heterocycles. The summed E-state index contributed by atoms with van der Waals surface area (Å²) in [5.74, 6) is -1.35. The van der Waals surface area contributed by atoms with Crippen LogP contribution in [0.2, 0.25) is 0 Å². The van der Waals surface area contributed by atoms with Gasteiger partial charge >= 0.3 is 5.97 Å². The molecular weight excluding hydrogens is 184 g/mol. The summed E-state index contributed by atoms with van der Waals surface area (Å²) in [6.45, 7) is 5.27. The van der Waals surface area contributed by atoms with Crippen molar-refractivity contribution in [2.24, 2.45) is 11.8 Å². The van der Waals surface area contributed by atoms with E-state index in [9.17, 15) is 14.7 Å². The van der Waals surface area contributed by atoms with Crippen molar-refractivity contribution in [1.82, 2.24) is 0 Å². The van der Waals surface area contributed by atoms with Crippen molar-refractivity contribution < 1.29 is 19.4 Å². The van der Waals surface area contributed by atoms with Crippen LogP contribution in [0.3, 0.4) is 0 Å².